The maximum absolute atomic E-state index is 14.2. The van der Waals surface area contributed by atoms with E-state index in [2.05, 4.69) is 16.0 Å². The van der Waals surface area contributed by atoms with E-state index < -0.39 is 0 Å². The fourth-order valence-electron chi connectivity index (χ4n) is 3.89. The van der Waals surface area contributed by atoms with Crippen LogP contribution in [0.25, 0.3) is 33.6 Å². The molecule has 0 bridgehead atoms. The topological polar surface area (TPSA) is 57.4 Å². The minimum absolute atomic E-state index is 0.229. The number of hydrogen-bond acceptors (Lipinski definition) is 2. The molecule has 2 aromatic heterocycles. The second-order valence-electron chi connectivity index (χ2n) is 7.60. The molecule has 0 aliphatic carbocycles. The zero-order valence-corrected chi connectivity index (χ0v) is 16.9. The van der Waals surface area contributed by atoms with E-state index in [9.17, 15) is 9.65 Å². The molecule has 0 saturated carbocycles. The van der Waals surface area contributed by atoms with Crippen molar-refractivity contribution >= 4 is 33.6 Å². The lowest BCUT2D eigenvalue weighted by Gasteiger charge is -2.06. The summed E-state index contributed by atoms with van der Waals surface area (Å²) in [4.78, 5) is 7.84. The summed E-state index contributed by atoms with van der Waals surface area (Å²) in [7, 11) is 0. The Hall–Kier alpha value is -4.17. The number of nitrogens with zero attached hydrogens (tertiary/aromatic N) is 3. The van der Waals surface area contributed by atoms with Crippen LogP contribution in [0.4, 0.5) is 4.39 Å². The zero-order valence-electron chi connectivity index (χ0n) is 16.9. The summed E-state index contributed by atoms with van der Waals surface area (Å²) in [5.74, 6) is 0.307. The van der Waals surface area contributed by atoms with E-state index >= 15 is 0 Å². The van der Waals surface area contributed by atoms with Gasteiger partial charge >= 0.3 is 0 Å². The monoisotopic (exact) mass is 406 g/mol. The van der Waals surface area contributed by atoms with Gasteiger partial charge in [-0.05, 0) is 42.8 Å². The van der Waals surface area contributed by atoms with Gasteiger partial charge in [0.15, 0.2) is 0 Å². The summed E-state index contributed by atoms with van der Waals surface area (Å²) >= 11 is 0. The normalized spacial score (nSPS) is 11.8. The maximum Gasteiger partial charge on any atom is 0.149 e. The van der Waals surface area contributed by atoms with Gasteiger partial charge in [0, 0.05) is 28.2 Å². The summed E-state index contributed by atoms with van der Waals surface area (Å²) in [6.45, 7) is 2.43. The van der Waals surface area contributed by atoms with Crippen LogP contribution in [-0.4, -0.2) is 14.5 Å². The van der Waals surface area contributed by atoms with E-state index in [0.29, 0.717) is 23.5 Å². The molecule has 0 aliphatic rings. The summed E-state index contributed by atoms with van der Waals surface area (Å²) in [6, 6.07) is 22.9. The van der Waals surface area contributed by atoms with E-state index in [1.54, 1.807) is 12.1 Å². The number of para-hydroxylation sites is 1. The van der Waals surface area contributed by atoms with Crippen LogP contribution in [0.2, 0.25) is 0 Å². The van der Waals surface area contributed by atoms with Crippen LogP contribution >= 0.6 is 0 Å². The van der Waals surface area contributed by atoms with Gasteiger partial charge in [-0.1, -0.05) is 42.5 Å². The van der Waals surface area contributed by atoms with Crippen LogP contribution in [0, 0.1) is 24.1 Å². The van der Waals surface area contributed by atoms with Crippen LogP contribution in [0.3, 0.4) is 0 Å². The first-order valence-corrected chi connectivity index (χ1v) is 10.0. The molecule has 5 rings (SSSR count). The van der Waals surface area contributed by atoms with Crippen molar-refractivity contribution in [3.8, 4) is 6.07 Å². The lowest BCUT2D eigenvalue weighted by atomic mass is 10.1. The Morgan fingerprint density at radius 1 is 1.13 bits per heavy atom. The van der Waals surface area contributed by atoms with Crippen LogP contribution in [0.5, 0.6) is 0 Å². The molecule has 5 aromatic rings. The average molecular weight is 406 g/mol. The van der Waals surface area contributed by atoms with Crippen LogP contribution in [-0.2, 0) is 6.54 Å². The lowest BCUT2D eigenvalue weighted by Crippen LogP contribution is -2.00. The number of halogens is 1. The number of imidazole rings is 1. The van der Waals surface area contributed by atoms with Gasteiger partial charge < -0.3 is 9.55 Å². The number of fused-ring (bicyclic) bond motifs is 2. The standard InChI is InChI=1S/C26H19FN4/c1-17-10-11-23-24(12-17)30-26(29-23)19(14-28)13-20-16-31(25-9-5-3-7-21(20)25)15-18-6-2-4-8-22(18)27/h2-13,16H,15H2,1H3,(H,29,30). The highest BCUT2D eigenvalue weighted by Gasteiger charge is 2.12. The Bertz CT molecular complexity index is 1500. The number of hydrogen-bond donors (Lipinski definition) is 1. The van der Waals surface area contributed by atoms with Crippen molar-refractivity contribution in [1.82, 2.24) is 14.5 Å². The van der Waals surface area contributed by atoms with Crippen molar-refractivity contribution in [1.29, 1.82) is 5.26 Å². The molecule has 150 valence electrons. The molecule has 0 spiro atoms. The van der Waals surface area contributed by atoms with Gasteiger partial charge in [-0.25, -0.2) is 9.37 Å². The van der Waals surface area contributed by atoms with E-state index in [4.69, 9.17) is 0 Å². The van der Waals surface area contributed by atoms with Crippen molar-refractivity contribution in [3.63, 3.8) is 0 Å². The molecule has 0 amide bonds. The minimum Gasteiger partial charge on any atom is -0.342 e. The van der Waals surface area contributed by atoms with E-state index in [1.165, 1.54) is 6.07 Å². The van der Waals surface area contributed by atoms with Crippen molar-refractivity contribution in [3.05, 3.63) is 101 Å². The van der Waals surface area contributed by atoms with Gasteiger partial charge in [0.25, 0.3) is 0 Å². The third-order valence-corrected chi connectivity index (χ3v) is 5.43. The molecule has 3 aromatic carbocycles. The lowest BCUT2D eigenvalue weighted by molar-refractivity contribution is 0.602. The van der Waals surface area contributed by atoms with E-state index in [0.717, 1.165) is 33.1 Å². The molecule has 0 radical (unpaired) electrons. The fourth-order valence-corrected chi connectivity index (χ4v) is 3.89. The molecule has 0 unspecified atom stereocenters. The van der Waals surface area contributed by atoms with Gasteiger partial charge in [0.05, 0.1) is 23.2 Å². The van der Waals surface area contributed by atoms with Gasteiger partial charge in [0.1, 0.15) is 17.7 Å². The third kappa shape index (κ3) is 3.49. The van der Waals surface area contributed by atoms with E-state index in [-0.39, 0.29) is 5.82 Å². The molecule has 4 nitrogen and oxygen atoms in total. The largest absolute Gasteiger partial charge is 0.342 e. The predicted molar refractivity (Wildman–Crippen MR) is 122 cm³/mol. The number of aryl methyl sites for hydroxylation is 1. The molecule has 0 fully saturated rings. The molecule has 0 saturated heterocycles. The predicted octanol–water partition coefficient (Wildman–Crippen LogP) is 6.08. The van der Waals surface area contributed by atoms with Crippen molar-refractivity contribution in [2.45, 2.75) is 13.5 Å². The first kappa shape index (κ1) is 18.8. The SMILES string of the molecule is Cc1ccc2nc(C(C#N)=Cc3cn(Cc4ccccc4F)c4ccccc34)[nH]c2c1. The average Bonchev–Trinajstić information content (AvgIpc) is 3.35. The highest BCUT2D eigenvalue weighted by molar-refractivity contribution is 5.98. The van der Waals surface area contributed by atoms with Crippen LogP contribution < -0.4 is 0 Å². The molecule has 0 aliphatic heterocycles. The Balaban J connectivity index is 1.61. The molecular formula is C26H19FN4. The quantitative estimate of drug-likeness (QED) is 0.368. The number of H-pyrrole nitrogens is 1. The van der Waals surface area contributed by atoms with Crippen LogP contribution in [0.1, 0.15) is 22.5 Å². The van der Waals surface area contributed by atoms with Crippen molar-refractivity contribution in [2.24, 2.45) is 0 Å². The Kier molecular flexibility index (Phi) is 4.61. The fraction of sp³-hybridized carbons (Fsp3) is 0.0769. The minimum atomic E-state index is -0.229. The molecule has 2 heterocycles. The first-order chi connectivity index (χ1) is 15.1. The highest BCUT2D eigenvalue weighted by Crippen LogP contribution is 2.27. The third-order valence-electron chi connectivity index (χ3n) is 5.43. The molecular weight excluding hydrogens is 387 g/mol. The molecule has 31 heavy (non-hydrogen) atoms. The Morgan fingerprint density at radius 3 is 2.77 bits per heavy atom. The van der Waals surface area contributed by atoms with Gasteiger partial charge in [-0.3, -0.25) is 0 Å². The number of aromatic nitrogens is 3. The smallest absolute Gasteiger partial charge is 0.149 e. The second-order valence-corrected chi connectivity index (χ2v) is 7.60. The Morgan fingerprint density at radius 2 is 1.94 bits per heavy atom. The number of aromatic amines is 1. The zero-order chi connectivity index (χ0) is 21.4. The number of nitriles is 1. The van der Waals surface area contributed by atoms with E-state index in [1.807, 2.05) is 72.3 Å². The first-order valence-electron chi connectivity index (χ1n) is 10.0. The summed E-state index contributed by atoms with van der Waals surface area (Å²) in [5.41, 5.74) is 5.78. The Labute approximate surface area is 178 Å². The molecule has 1 N–H and O–H groups in total. The van der Waals surface area contributed by atoms with Crippen molar-refractivity contribution in [2.75, 3.05) is 0 Å². The highest BCUT2D eigenvalue weighted by atomic mass is 19.1. The number of benzene rings is 3. The molecule has 0 atom stereocenters. The number of nitrogens with one attached hydrogen (secondary N) is 1. The van der Waals surface area contributed by atoms with Gasteiger partial charge in [-0.15, -0.1) is 0 Å². The van der Waals surface area contributed by atoms with Gasteiger partial charge in [0.2, 0.25) is 0 Å². The maximum atomic E-state index is 14.2. The summed E-state index contributed by atoms with van der Waals surface area (Å²) < 4.78 is 16.2. The number of allylic oxidation sites excluding steroid dienone is 1. The molecule has 5 heteroatoms. The number of rotatable bonds is 4. The summed E-state index contributed by atoms with van der Waals surface area (Å²) in [5, 5.41) is 10.8. The van der Waals surface area contributed by atoms with Crippen LogP contribution in [0.15, 0.2) is 72.9 Å². The second kappa shape index (κ2) is 7.58. The van der Waals surface area contributed by atoms with Crippen molar-refractivity contribution < 1.29 is 4.39 Å². The van der Waals surface area contributed by atoms with Gasteiger partial charge in [-0.2, -0.15) is 5.26 Å². The summed E-state index contributed by atoms with van der Waals surface area (Å²) in [6.07, 6.45) is 3.80.